The first-order chi connectivity index (χ1) is 16.0. The number of methoxy groups -OCH3 is 1. The van der Waals surface area contributed by atoms with Gasteiger partial charge < -0.3 is 24.1 Å². The third-order valence-corrected chi connectivity index (χ3v) is 6.35. The number of benzene rings is 1. The predicted octanol–water partition coefficient (Wildman–Crippen LogP) is 3.01. The minimum absolute atomic E-state index is 0.0412. The second kappa shape index (κ2) is 10.5. The summed E-state index contributed by atoms with van der Waals surface area (Å²) in [4.78, 5) is 20.5. The highest BCUT2D eigenvalue weighted by Gasteiger charge is 2.30. The molecule has 7 heteroatoms. The Bertz CT molecular complexity index is 1090. The number of rotatable bonds is 8. The lowest BCUT2D eigenvalue weighted by molar-refractivity contribution is -0.137. The normalized spacial score (nSPS) is 17.3. The Labute approximate surface area is 195 Å². The second-order valence-electron chi connectivity index (χ2n) is 8.82. The standard InChI is InChI=1S/C26H34N4O3/c1-18-5-8-21(9-6-18)26-22(30-17-19(2)7-10-24(30)28-26)15-25(31)29(12-14-32-4)20(3)23-16-27-11-13-33-23/h5-10,17,20,23,27H,11-16H2,1-4H3. The molecule has 1 amide bonds. The van der Waals surface area contributed by atoms with Gasteiger partial charge in [-0.15, -0.1) is 0 Å². The van der Waals surface area contributed by atoms with E-state index in [0.29, 0.717) is 19.8 Å². The first-order valence-corrected chi connectivity index (χ1v) is 11.6. The lowest BCUT2D eigenvalue weighted by Gasteiger charge is -2.36. The number of pyridine rings is 1. The fraction of sp³-hybridized carbons (Fsp3) is 0.462. The minimum atomic E-state index is -0.0656. The highest BCUT2D eigenvalue weighted by Crippen LogP contribution is 2.27. The third-order valence-electron chi connectivity index (χ3n) is 6.35. The van der Waals surface area contributed by atoms with Crippen molar-refractivity contribution in [2.24, 2.45) is 0 Å². The van der Waals surface area contributed by atoms with Gasteiger partial charge in [-0.3, -0.25) is 4.79 Å². The maximum absolute atomic E-state index is 13.7. The lowest BCUT2D eigenvalue weighted by atomic mass is 10.0. The second-order valence-corrected chi connectivity index (χ2v) is 8.82. The van der Waals surface area contributed by atoms with Crippen molar-refractivity contribution in [3.05, 3.63) is 59.4 Å². The van der Waals surface area contributed by atoms with Crippen molar-refractivity contribution in [2.45, 2.75) is 39.3 Å². The Hall–Kier alpha value is -2.74. The Morgan fingerprint density at radius 2 is 2.00 bits per heavy atom. The number of morpholine rings is 1. The highest BCUT2D eigenvalue weighted by atomic mass is 16.5. The van der Waals surface area contributed by atoms with Crippen LogP contribution in [0, 0.1) is 13.8 Å². The zero-order valence-corrected chi connectivity index (χ0v) is 20.0. The van der Waals surface area contributed by atoms with Gasteiger partial charge in [-0.2, -0.15) is 0 Å². The number of aryl methyl sites for hydroxylation is 2. The van der Waals surface area contributed by atoms with Crippen LogP contribution in [0.3, 0.4) is 0 Å². The van der Waals surface area contributed by atoms with E-state index in [1.54, 1.807) is 7.11 Å². The molecule has 7 nitrogen and oxygen atoms in total. The van der Waals surface area contributed by atoms with Gasteiger partial charge in [0, 0.05) is 38.5 Å². The van der Waals surface area contributed by atoms with Gasteiger partial charge in [-0.1, -0.05) is 35.9 Å². The summed E-state index contributed by atoms with van der Waals surface area (Å²) in [5.74, 6) is 0.0467. The number of imidazole rings is 1. The molecule has 0 bridgehead atoms. The predicted molar refractivity (Wildman–Crippen MR) is 129 cm³/mol. The van der Waals surface area contributed by atoms with E-state index in [-0.39, 0.29) is 24.5 Å². The fourth-order valence-corrected chi connectivity index (χ4v) is 4.40. The monoisotopic (exact) mass is 450 g/mol. The molecular formula is C26H34N4O3. The number of nitrogens with one attached hydrogen (secondary N) is 1. The Morgan fingerprint density at radius 3 is 2.70 bits per heavy atom. The molecule has 33 heavy (non-hydrogen) atoms. The first-order valence-electron chi connectivity index (χ1n) is 11.6. The molecule has 1 aliphatic rings. The van der Waals surface area contributed by atoms with Crippen LogP contribution in [0.5, 0.6) is 0 Å². The van der Waals surface area contributed by atoms with Crippen LogP contribution in [0.1, 0.15) is 23.7 Å². The van der Waals surface area contributed by atoms with Gasteiger partial charge in [0.2, 0.25) is 5.91 Å². The molecule has 3 heterocycles. The maximum Gasteiger partial charge on any atom is 0.229 e. The van der Waals surface area contributed by atoms with E-state index in [2.05, 4.69) is 61.0 Å². The molecular weight excluding hydrogens is 416 g/mol. The van der Waals surface area contributed by atoms with Gasteiger partial charge in [-0.25, -0.2) is 4.98 Å². The smallest absolute Gasteiger partial charge is 0.229 e. The summed E-state index contributed by atoms with van der Waals surface area (Å²) >= 11 is 0. The van der Waals surface area contributed by atoms with Gasteiger partial charge in [0.05, 0.1) is 43.2 Å². The molecule has 0 aliphatic carbocycles. The van der Waals surface area contributed by atoms with Crippen LogP contribution in [0.2, 0.25) is 0 Å². The van der Waals surface area contributed by atoms with Crippen molar-refractivity contribution in [2.75, 3.05) is 40.0 Å². The van der Waals surface area contributed by atoms with E-state index in [0.717, 1.165) is 41.3 Å². The maximum atomic E-state index is 13.7. The molecule has 0 spiro atoms. The van der Waals surface area contributed by atoms with Crippen molar-refractivity contribution in [3.8, 4) is 11.3 Å². The number of amides is 1. The van der Waals surface area contributed by atoms with Gasteiger partial charge in [0.25, 0.3) is 0 Å². The van der Waals surface area contributed by atoms with Crippen molar-refractivity contribution < 1.29 is 14.3 Å². The minimum Gasteiger partial charge on any atom is -0.383 e. The van der Waals surface area contributed by atoms with E-state index in [1.807, 2.05) is 17.0 Å². The average molecular weight is 451 g/mol. The van der Waals surface area contributed by atoms with Crippen LogP contribution in [-0.2, 0) is 20.7 Å². The zero-order chi connectivity index (χ0) is 23.4. The molecule has 1 fully saturated rings. The zero-order valence-electron chi connectivity index (χ0n) is 20.0. The van der Waals surface area contributed by atoms with Crippen LogP contribution in [0.4, 0.5) is 0 Å². The van der Waals surface area contributed by atoms with Gasteiger partial charge in [0.15, 0.2) is 0 Å². The molecule has 3 aromatic rings. The Kier molecular flexibility index (Phi) is 7.42. The number of nitrogens with zero attached hydrogens (tertiary/aromatic N) is 3. The molecule has 1 N–H and O–H groups in total. The van der Waals surface area contributed by atoms with Crippen LogP contribution in [0.25, 0.3) is 16.9 Å². The molecule has 4 rings (SSSR count). The summed E-state index contributed by atoms with van der Waals surface area (Å²) < 4.78 is 13.3. The van der Waals surface area contributed by atoms with Crippen LogP contribution in [-0.4, -0.2) is 72.3 Å². The molecule has 2 unspecified atom stereocenters. The molecule has 1 saturated heterocycles. The number of carbonyl (C=O) groups is 1. The van der Waals surface area contributed by atoms with E-state index in [9.17, 15) is 4.79 Å². The highest BCUT2D eigenvalue weighted by molar-refractivity contribution is 5.82. The number of ether oxygens (including phenoxy) is 2. The molecule has 1 aliphatic heterocycles. The van der Waals surface area contributed by atoms with Crippen molar-refractivity contribution in [3.63, 3.8) is 0 Å². The number of fused-ring (bicyclic) bond motifs is 1. The first kappa shape index (κ1) is 23.4. The van der Waals surface area contributed by atoms with Crippen LogP contribution < -0.4 is 5.32 Å². The summed E-state index contributed by atoms with van der Waals surface area (Å²) in [7, 11) is 1.66. The summed E-state index contributed by atoms with van der Waals surface area (Å²) in [6.07, 6.45) is 2.27. The number of carbonyl (C=O) groups excluding carboxylic acids is 1. The third kappa shape index (κ3) is 5.27. The summed E-state index contributed by atoms with van der Waals surface area (Å²) in [5.41, 5.74) is 5.92. The Balaban J connectivity index is 1.69. The SMILES string of the molecule is COCCN(C(=O)Cc1c(-c2ccc(C)cc2)nc2ccc(C)cn12)C(C)C1CNCCO1. The fourth-order valence-electron chi connectivity index (χ4n) is 4.40. The summed E-state index contributed by atoms with van der Waals surface area (Å²) in [6, 6.07) is 12.3. The van der Waals surface area contributed by atoms with Crippen LogP contribution >= 0.6 is 0 Å². The number of hydrogen-bond acceptors (Lipinski definition) is 5. The summed E-state index contributed by atoms with van der Waals surface area (Å²) in [5, 5.41) is 3.37. The molecule has 2 aromatic heterocycles. The van der Waals surface area contributed by atoms with Gasteiger partial charge in [-0.05, 0) is 32.4 Å². The van der Waals surface area contributed by atoms with Crippen LogP contribution in [0.15, 0.2) is 42.6 Å². The van der Waals surface area contributed by atoms with E-state index >= 15 is 0 Å². The molecule has 0 saturated carbocycles. The lowest BCUT2D eigenvalue weighted by Crippen LogP contribution is -2.53. The average Bonchev–Trinajstić information content (AvgIpc) is 3.17. The summed E-state index contributed by atoms with van der Waals surface area (Å²) in [6.45, 7) is 9.42. The van der Waals surface area contributed by atoms with E-state index in [1.165, 1.54) is 5.56 Å². The van der Waals surface area contributed by atoms with Gasteiger partial charge in [0.1, 0.15) is 5.65 Å². The van der Waals surface area contributed by atoms with E-state index < -0.39 is 0 Å². The Morgan fingerprint density at radius 1 is 1.24 bits per heavy atom. The molecule has 1 aromatic carbocycles. The number of aromatic nitrogens is 2. The topological polar surface area (TPSA) is 68.1 Å². The largest absolute Gasteiger partial charge is 0.383 e. The van der Waals surface area contributed by atoms with E-state index in [4.69, 9.17) is 14.5 Å². The molecule has 2 atom stereocenters. The van der Waals surface area contributed by atoms with Crippen molar-refractivity contribution in [1.82, 2.24) is 19.6 Å². The number of hydrogen-bond donors (Lipinski definition) is 1. The molecule has 176 valence electrons. The molecule has 0 radical (unpaired) electrons. The quantitative estimate of drug-likeness (QED) is 0.571. The van der Waals surface area contributed by atoms with Crippen molar-refractivity contribution in [1.29, 1.82) is 0 Å². The van der Waals surface area contributed by atoms with Crippen molar-refractivity contribution >= 4 is 11.6 Å². The van der Waals surface area contributed by atoms with Gasteiger partial charge >= 0.3 is 0 Å².